The Kier molecular flexibility index (Phi) is 7.34. The number of rotatable bonds is 8. The van der Waals surface area contributed by atoms with Gasteiger partial charge in [-0.2, -0.15) is 0 Å². The van der Waals surface area contributed by atoms with Gasteiger partial charge in [0.2, 0.25) is 11.8 Å². The molecule has 0 aliphatic rings. The van der Waals surface area contributed by atoms with Crippen LogP contribution in [0.3, 0.4) is 0 Å². The first-order chi connectivity index (χ1) is 10.3. The molecular weight excluding hydrogens is 328 g/mol. The van der Waals surface area contributed by atoms with Gasteiger partial charge in [-0.15, -0.1) is 0 Å². The van der Waals surface area contributed by atoms with Crippen molar-refractivity contribution >= 4 is 33.3 Å². The second-order valence-corrected chi connectivity index (χ2v) is 7.20. The molecule has 0 radical (unpaired) electrons. The highest BCUT2D eigenvalue weighted by atomic mass is 35.5. The molecule has 122 valence electrons. The number of amides is 2. The Labute approximate surface area is 135 Å². The van der Waals surface area contributed by atoms with Crippen molar-refractivity contribution in [3.8, 4) is 0 Å². The highest BCUT2D eigenvalue weighted by Crippen LogP contribution is 2.15. The summed E-state index contributed by atoms with van der Waals surface area (Å²) in [6.07, 6.45) is 0.602. The van der Waals surface area contributed by atoms with Gasteiger partial charge in [-0.1, -0.05) is 18.5 Å². The molecule has 0 saturated heterocycles. The molecule has 8 heteroatoms. The fourth-order valence-corrected chi connectivity index (χ4v) is 2.95. The van der Waals surface area contributed by atoms with E-state index in [0.29, 0.717) is 11.6 Å². The fraction of sp³-hybridized carbons (Fsp3) is 0.429. The molecule has 0 atom stereocenters. The molecule has 22 heavy (non-hydrogen) atoms. The maximum atomic E-state index is 12.0. The summed E-state index contributed by atoms with van der Waals surface area (Å²) in [6, 6.07) is 5.75. The zero-order valence-electron chi connectivity index (χ0n) is 12.3. The van der Waals surface area contributed by atoms with Gasteiger partial charge in [0, 0.05) is 18.0 Å². The van der Waals surface area contributed by atoms with Gasteiger partial charge in [0.05, 0.1) is 17.2 Å². The van der Waals surface area contributed by atoms with Crippen molar-refractivity contribution < 1.29 is 18.0 Å². The van der Waals surface area contributed by atoms with Gasteiger partial charge in [-0.05, 0) is 30.7 Å². The topological polar surface area (TPSA) is 92.3 Å². The van der Waals surface area contributed by atoms with Crippen molar-refractivity contribution in [3.05, 3.63) is 29.3 Å². The Morgan fingerprint density at radius 2 is 1.73 bits per heavy atom. The Morgan fingerprint density at radius 1 is 1.09 bits per heavy atom. The van der Waals surface area contributed by atoms with E-state index in [1.54, 1.807) is 0 Å². The molecule has 0 unspecified atom stereocenters. The molecule has 0 aliphatic heterocycles. The van der Waals surface area contributed by atoms with Crippen molar-refractivity contribution in [2.75, 3.05) is 18.8 Å². The average Bonchev–Trinajstić information content (AvgIpc) is 2.49. The Bertz CT molecular complexity index is 614. The van der Waals surface area contributed by atoms with E-state index >= 15 is 0 Å². The van der Waals surface area contributed by atoms with Crippen molar-refractivity contribution in [3.63, 3.8) is 0 Å². The minimum absolute atomic E-state index is 0.116. The largest absolute Gasteiger partial charge is 0.355 e. The third-order valence-corrected chi connectivity index (χ3v) is 4.77. The third-order valence-electron chi connectivity index (χ3n) is 2.79. The summed E-state index contributed by atoms with van der Waals surface area (Å²) >= 11 is 5.70. The number of hydrogen-bond acceptors (Lipinski definition) is 4. The lowest BCUT2D eigenvalue weighted by molar-refractivity contribution is -0.125. The van der Waals surface area contributed by atoms with E-state index in [4.69, 9.17) is 11.6 Å². The molecule has 0 heterocycles. The van der Waals surface area contributed by atoms with Gasteiger partial charge in [0.15, 0.2) is 9.84 Å². The van der Waals surface area contributed by atoms with Crippen LogP contribution in [0.2, 0.25) is 5.02 Å². The molecule has 0 aliphatic carbocycles. The monoisotopic (exact) mass is 346 g/mol. The zero-order valence-corrected chi connectivity index (χ0v) is 13.8. The third kappa shape index (κ3) is 6.44. The van der Waals surface area contributed by atoms with Crippen LogP contribution in [0, 0.1) is 0 Å². The van der Waals surface area contributed by atoms with Crippen molar-refractivity contribution in [1.29, 1.82) is 0 Å². The standard InChI is InChI=1S/C14H19ClN2O4S/c1-2-8-16-14(19)10-17-13(18)7-9-22(20,21)12-5-3-11(15)4-6-12/h3-6H,2,7-10H2,1H3,(H,16,19)(H,17,18). The lowest BCUT2D eigenvalue weighted by Gasteiger charge is -2.07. The van der Waals surface area contributed by atoms with Gasteiger partial charge < -0.3 is 10.6 Å². The normalized spacial score (nSPS) is 11.0. The summed E-state index contributed by atoms with van der Waals surface area (Å²) in [5.41, 5.74) is 0. The maximum absolute atomic E-state index is 12.0. The smallest absolute Gasteiger partial charge is 0.239 e. The summed E-state index contributed by atoms with van der Waals surface area (Å²) in [5, 5.41) is 5.43. The van der Waals surface area contributed by atoms with Crippen LogP contribution in [0.4, 0.5) is 0 Å². The molecule has 0 saturated carbocycles. The van der Waals surface area contributed by atoms with Crippen LogP contribution in [0.1, 0.15) is 19.8 Å². The maximum Gasteiger partial charge on any atom is 0.239 e. The molecule has 0 bridgehead atoms. The molecular formula is C14H19ClN2O4S. The first-order valence-corrected chi connectivity index (χ1v) is 8.90. The van der Waals surface area contributed by atoms with E-state index in [-0.39, 0.29) is 29.5 Å². The van der Waals surface area contributed by atoms with E-state index < -0.39 is 15.7 Å². The SMILES string of the molecule is CCCNC(=O)CNC(=O)CCS(=O)(=O)c1ccc(Cl)cc1. The number of nitrogens with one attached hydrogen (secondary N) is 2. The summed E-state index contributed by atoms with van der Waals surface area (Å²) in [5.74, 6) is -1.10. The fourth-order valence-electron chi connectivity index (χ4n) is 1.58. The number of halogens is 1. The zero-order chi connectivity index (χ0) is 16.6. The molecule has 1 aromatic rings. The molecule has 1 aromatic carbocycles. The molecule has 6 nitrogen and oxygen atoms in total. The molecule has 1 rings (SSSR count). The van der Waals surface area contributed by atoms with Crippen LogP contribution in [-0.2, 0) is 19.4 Å². The van der Waals surface area contributed by atoms with Crippen molar-refractivity contribution in [1.82, 2.24) is 10.6 Å². The highest BCUT2D eigenvalue weighted by Gasteiger charge is 2.16. The predicted molar refractivity (Wildman–Crippen MR) is 84.4 cm³/mol. The Balaban J connectivity index is 2.43. The Hall–Kier alpha value is -1.60. The van der Waals surface area contributed by atoms with Gasteiger partial charge in [-0.25, -0.2) is 8.42 Å². The summed E-state index contributed by atoms with van der Waals surface area (Å²) in [4.78, 5) is 23.0. The lowest BCUT2D eigenvalue weighted by Crippen LogP contribution is -2.37. The molecule has 0 spiro atoms. The van der Waals surface area contributed by atoms with Crippen LogP contribution < -0.4 is 10.6 Å². The molecule has 0 fully saturated rings. The lowest BCUT2D eigenvalue weighted by atomic mass is 10.4. The van der Waals surface area contributed by atoms with E-state index in [9.17, 15) is 18.0 Å². The second-order valence-electron chi connectivity index (χ2n) is 4.65. The number of sulfone groups is 1. The molecule has 2 amide bonds. The van der Waals surface area contributed by atoms with Crippen LogP contribution in [0.5, 0.6) is 0 Å². The molecule has 2 N–H and O–H groups in total. The molecule has 0 aromatic heterocycles. The number of benzene rings is 1. The number of hydrogen-bond donors (Lipinski definition) is 2. The number of carbonyl (C=O) groups excluding carboxylic acids is 2. The Morgan fingerprint density at radius 3 is 2.32 bits per heavy atom. The first-order valence-electron chi connectivity index (χ1n) is 6.87. The second kappa shape index (κ2) is 8.75. The van der Waals surface area contributed by atoms with E-state index in [2.05, 4.69) is 10.6 Å². The van der Waals surface area contributed by atoms with Crippen molar-refractivity contribution in [2.45, 2.75) is 24.7 Å². The van der Waals surface area contributed by atoms with Gasteiger partial charge in [-0.3, -0.25) is 9.59 Å². The average molecular weight is 347 g/mol. The van der Waals surface area contributed by atoms with Gasteiger partial charge >= 0.3 is 0 Å². The summed E-state index contributed by atoms with van der Waals surface area (Å²) in [7, 11) is -3.54. The predicted octanol–water partition coefficient (Wildman–Crippen LogP) is 1.15. The summed E-state index contributed by atoms with van der Waals surface area (Å²) < 4.78 is 24.1. The van der Waals surface area contributed by atoms with Crippen LogP contribution >= 0.6 is 11.6 Å². The van der Waals surface area contributed by atoms with Crippen LogP contribution in [0.15, 0.2) is 29.2 Å². The van der Waals surface area contributed by atoms with Gasteiger partial charge in [0.25, 0.3) is 0 Å². The van der Waals surface area contributed by atoms with E-state index in [0.717, 1.165) is 6.42 Å². The van der Waals surface area contributed by atoms with Gasteiger partial charge in [0.1, 0.15) is 0 Å². The summed E-state index contributed by atoms with van der Waals surface area (Å²) in [6.45, 7) is 2.31. The highest BCUT2D eigenvalue weighted by molar-refractivity contribution is 7.91. The van der Waals surface area contributed by atoms with E-state index in [1.807, 2.05) is 6.92 Å². The minimum Gasteiger partial charge on any atom is -0.355 e. The van der Waals surface area contributed by atoms with Crippen LogP contribution in [0.25, 0.3) is 0 Å². The minimum atomic E-state index is -3.54. The number of carbonyl (C=O) groups is 2. The first kappa shape index (κ1) is 18.4. The van der Waals surface area contributed by atoms with E-state index in [1.165, 1.54) is 24.3 Å². The van der Waals surface area contributed by atoms with Crippen molar-refractivity contribution in [2.24, 2.45) is 0 Å². The van der Waals surface area contributed by atoms with Crippen LogP contribution in [-0.4, -0.2) is 39.1 Å². The quantitative estimate of drug-likeness (QED) is 0.738.